The molecule has 4 rings (SSSR count). The molecule has 0 bridgehead atoms. The Kier molecular flexibility index (Phi) is 6.26. The molecule has 0 aliphatic heterocycles. The summed E-state index contributed by atoms with van der Waals surface area (Å²) in [4.78, 5) is 39.0. The maximum Gasteiger partial charge on any atom is 0.419 e. The SMILES string of the molecule is O=C(CCCn1c(=O)oc2cc([N+](=O)[O-])ccc21)Nc1nc(-c2cc(Cl)ccc2Cl)cs1. The molecule has 0 saturated carbocycles. The van der Waals surface area contributed by atoms with Gasteiger partial charge in [-0.25, -0.2) is 9.78 Å². The Bertz CT molecular complexity index is 1390. The summed E-state index contributed by atoms with van der Waals surface area (Å²) in [5.74, 6) is -0.900. The maximum absolute atomic E-state index is 12.3. The van der Waals surface area contributed by atoms with Crippen LogP contribution < -0.4 is 11.1 Å². The number of nitrogens with one attached hydrogen (secondary N) is 1. The van der Waals surface area contributed by atoms with Gasteiger partial charge in [-0.05, 0) is 30.7 Å². The predicted molar refractivity (Wildman–Crippen MR) is 123 cm³/mol. The van der Waals surface area contributed by atoms with Crippen molar-refractivity contribution < 1.29 is 14.1 Å². The van der Waals surface area contributed by atoms with Crippen LogP contribution in [0.3, 0.4) is 0 Å². The second kappa shape index (κ2) is 9.11. The standard InChI is InChI=1S/C20H14Cl2N4O5S/c21-11-3-5-14(22)13(8-11)15-10-32-19(23-15)24-18(27)2-1-7-25-16-6-4-12(26(29)30)9-17(16)31-20(25)28/h3-6,8-10H,1-2,7H2,(H,23,24,27). The van der Waals surface area contributed by atoms with Crippen molar-refractivity contribution in [1.29, 1.82) is 0 Å². The van der Waals surface area contributed by atoms with Crippen molar-refractivity contribution in [1.82, 2.24) is 9.55 Å². The largest absolute Gasteiger partial charge is 0.419 e. The van der Waals surface area contributed by atoms with Crippen LogP contribution in [0, 0.1) is 10.1 Å². The van der Waals surface area contributed by atoms with E-state index in [1.165, 1.54) is 34.1 Å². The quantitative estimate of drug-likeness (QED) is 0.274. The molecule has 1 N–H and O–H groups in total. The van der Waals surface area contributed by atoms with E-state index >= 15 is 0 Å². The molecule has 9 nitrogen and oxygen atoms in total. The minimum absolute atomic E-state index is 0.128. The van der Waals surface area contributed by atoms with Gasteiger partial charge in [0.15, 0.2) is 10.7 Å². The number of fused-ring (bicyclic) bond motifs is 1. The van der Waals surface area contributed by atoms with Gasteiger partial charge < -0.3 is 9.73 Å². The summed E-state index contributed by atoms with van der Waals surface area (Å²) in [6.45, 7) is 0.221. The van der Waals surface area contributed by atoms with Crippen LogP contribution in [0.5, 0.6) is 0 Å². The van der Waals surface area contributed by atoms with Crippen molar-refractivity contribution in [2.75, 3.05) is 5.32 Å². The van der Waals surface area contributed by atoms with Crippen LogP contribution in [0.2, 0.25) is 10.0 Å². The first-order chi connectivity index (χ1) is 15.3. The van der Waals surface area contributed by atoms with Gasteiger partial charge in [0.25, 0.3) is 5.69 Å². The fraction of sp³-hybridized carbons (Fsp3) is 0.150. The van der Waals surface area contributed by atoms with Gasteiger partial charge in [-0.3, -0.25) is 19.5 Å². The van der Waals surface area contributed by atoms with E-state index in [9.17, 15) is 19.7 Å². The Morgan fingerprint density at radius 3 is 2.84 bits per heavy atom. The van der Waals surface area contributed by atoms with E-state index in [4.69, 9.17) is 27.6 Å². The van der Waals surface area contributed by atoms with Crippen LogP contribution in [-0.4, -0.2) is 20.4 Å². The average molecular weight is 493 g/mol. The van der Waals surface area contributed by atoms with E-state index in [1.54, 1.807) is 23.6 Å². The number of amides is 1. The monoisotopic (exact) mass is 492 g/mol. The number of benzene rings is 2. The summed E-state index contributed by atoms with van der Waals surface area (Å²) in [7, 11) is 0. The van der Waals surface area contributed by atoms with Gasteiger partial charge in [0.2, 0.25) is 5.91 Å². The van der Waals surface area contributed by atoms with E-state index in [-0.39, 0.29) is 30.1 Å². The van der Waals surface area contributed by atoms with Gasteiger partial charge in [0, 0.05) is 35.0 Å². The number of rotatable bonds is 7. The topological polar surface area (TPSA) is 120 Å². The number of halogens is 2. The van der Waals surface area contributed by atoms with Crippen LogP contribution in [0.4, 0.5) is 10.8 Å². The van der Waals surface area contributed by atoms with Gasteiger partial charge in [0.1, 0.15) is 0 Å². The summed E-state index contributed by atoms with van der Waals surface area (Å²) in [6.07, 6.45) is 0.495. The van der Waals surface area contributed by atoms with E-state index in [2.05, 4.69) is 10.3 Å². The molecule has 2 aromatic carbocycles. The number of carbonyl (C=O) groups is 1. The molecule has 1 amide bonds. The Labute approximate surface area is 194 Å². The fourth-order valence-corrected chi connectivity index (χ4v) is 4.22. The lowest BCUT2D eigenvalue weighted by atomic mass is 10.2. The average Bonchev–Trinajstić information content (AvgIpc) is 3.33. The van der Waals surface area contributed by atoms with Crippen LogP contribution in [0.25, 0.3) is 22.4 Å². The molecule has 2 aromatic heterocycles. The third kappa shape index (κ3) is 4.67. The molecule has 0 aliphatic rings. The smallest absolute Gasteiger partial charge is 0.407 e. The van der Waals surface area contributed by atoms with Gasteiger partial charge in [-0.2, -0.15) is 0 Å². The number of nitro benzene ring substituents is 1. The van der Waals surface area contributed by atoms with E-state index in [1.807, 2.05) is 0 Å². The lowest BCUT2D eigenvalue weighted by Crippen LogP contribution is -2.17. The summed E-state index contributed by atoms with van der Waals surface area (Å²) in [5.41, 5.74) is 1.66. The van der Waals surface area contributed by atoms with Crippen molar-refractivity contribution in [3.63, 3.8) is 0 Å². The van der Waals surface area contributed by atoms with Crippen molar-refractivity contribution in [2.24, 2.45) is 0 Å². The molecule has 0 atom stereocenters. The number of nitrogens with zero attached hydrogens (tertiary/aromatic N) is 3. The van der Waals surface area contributed by atoms with Crippen molar-refractivity contribution in [3.05, 3.63) is 72.5 Å². The molecule has 32 heavy (non-hydrogen) atoms. The number of aryl methyl sites for hydroxylation is 1. The van der Waals surface area contributed by atoms with Crippen molar-refractivity contribution in [2.45, 2.75) is 19.4 Å². The lowest BCUT2D eigenvalue weighted by molar-refractivity contribution is -0.384. The van der Waals surface area contributed by atoms with Crippen LogP contribution in [-0.2, 0) is 11.3 Å². The second-order valence-electron chi connectivity index (χ2n) is 6.74. The van der Waals surface area contributed by atoms with Gasteiger partial charge >= 0.3 is 5.76 Å². The summed E-state index contributed by atoms with van der Waals surface area (Å²) in [6, 6.07) is 9.01. The molecular weight excluding hydrogens is 479 g/mol. The molecule has 0 fully saturated rings. The number of thiazole rings is 1. The van der Waals surface area contributed by atoms with Crippen LogP contribution in [0.15, 0.2) is 51.0 Å². The fourth-order valence-electron chi connectivity index (χ4n) is 3.11. The molecule has 0 spiro atoms. The number of nitro groups is 1. The molecule has 4 aromatic rings. The lowest BCUT2D eigenvalue weighted by Gasteiger charge is -2.04. The van der Waals surface area contributed by atoms with Crippen molar-refractivity contribution in [3.8, 4) is 11.3 Å². The molecule has 0 radical (unpaired) electrons. The zero-order valence-corrected chi connectivity index (χ0v) is 18.5. The molecule has 12 heteroatoms. The molecule has 0 unspecified atom stereocenters. The molecule has 2 heterocycles. The Morgan fingerprint density at radius 1 is 1.25 bits per heavy atom. The molecule has 164 valence electrons. The Morgan fingerprint density at radius 2 is 2.06 bits per heavy atom. The first-order valence-corrected chi connectivity index (χ1v) is 10.9. The van der Waals surface area contributed by atoms with Gasteiger partial charge in [0.05, 0.1) is 27.2 Å². The zero-order chi connectivity index (χ0) is 22.8. The third-order valence-electron chi connectivity index (χ3n) is 4.60. The third-order valence-corrected chi connectivity index (χ3v) is 5.93. The highest BCUT2D eigenvalue weighted by Gasteiger charge is 2.15. The highest BCUT2D eigenvalue weighted by molar-refractivity contribution is 7.14. The van der Waals surface area contributed by atoms with Crippen LogP contribution >= 0.6 is 34.5 Å². The minimum atomic E-state index is -0.635. The highest BCUT2D eigenvalue weighted by atomic mass is 35.5. The van der Waals surface area contributed by atoms with Crippen LogP contribution in [0.1, 0.15) is 12.8 Å². The maximum atomic E-state index is 12.3. The highest BCUT2D eigenvalue weighted by Crippen LogP contribution is 2.32. The number of anilines is 1. The molecular formula is C20H14Cl2N4O5S. The number of hydrogen-bond acceptors (Lipinski definition) is 7. The first-order valence-electron chi connectivity index (χ1n) is 9.30. The number of aromatic nitrogens is 2. The Hall–Kier alpha value is -3.21. The zero-order valence-electron chi connectivity index (χ0n) is 16.2. The number of non-ortho nitro benzene ring substituents is 1. The van der Waals surface area contributed by atoms with Gasteiger partial charge in [-0.1, -0.05) is 23.2 Å². The minimum Gasteiger partial charge on any atom is -0.407 e. The first kappa shape index (κ1) is 22.0. The predicted octanol–water partition coefficient (Wildman–Crippen LogP) is 5.35. The second-order valence-corrected chi connectivity index (χ2v) is 8.44. The Balaban J connectivity index is 1.38. The number of hydrogen-bond donors (Lipinski definition) is 1. The summed E-state index contributed by atoms with van der Waals surface area (Å²) < 4.78 is 6.42. The molecule has 0 aliphatic carbocycles. The van der Waals surface area contributed by atoms with E-state index in [0.29, 0.717) is 38.4 Å². The van der Waals surface area contributed by atoms with Gasteiger partial charge in [-0.15, -0.1) is 11.3 Å². The van der Waals surface area contributed by atoms with E-state index in [0.717, 1.165) is 0 Å². The van der Waals surface area contributed by atoms with E-state index < -0.39 is 10.7 Å². The summed E-state index contributed by atoms with van der Waals surface area (Å²) in [5, 5.41) is 16.8. The number of oxazole rings is 1. The summed E-state index contributed by atoms with van der Waals surface area (Å²) >= 11 is 13.5. The van der Waals surface area contributed by atoms with Crippen molar-refractivity contribution >= 4 is 62.4 Å². The number of carbonyl (C=O) groups excluding carboxylic acids is 1. The normalized spacial score (nSPS) is 11.1. The molecule has 0 saturated heterocycles.